The second kappa shape index (κ2) is 5.31. The molecule has 1 unspecified atom stereocenters. The molecule has 1 fully saturated rings. The monoisotopic (exact) mass is 253 g/mol. The minimum atomic E-state index is -0.242. The normalized spacial score (nSPS) is 22.9. The Morgan fingerprint density at radius 2 is 2.22 bits per heavy atom. The first-order valence-electron chi connectivity index (χ1n) is 6.69. The fraction of sp³-hybridized carbons (Fsp3) is 0.786. The van der Waals surface area contributed by atoms with Crippen molar-refractivity contribution in [3.05, 3.63) is 11.8 Å². The van der Waals surface area contributed by atoms with Crippen LogP contribution in [0.1, 0.15) is 40.0 Å². The van der Waals surface area contributed by atoms with Crippen molar-refractivity contribution < 1.29 is 14.3 Å². The lowest BCUT2D eigenvalue weighted by Gasteiger charge is -2.45. The van der Waals surface area contributed by atoms with Crippen molar-refractivity contribution in [2.45, 2.75) is 46.1 Å². The van der Waals surface area contributed by atoms with E-state index in [-0.39, 0.29) is 18.2 Å². The van der Waals surface area contributed by atoms with Gasteiger partial charge in [-0.25, -0.2) is 4.79 Å². The maximum absolute atomic E-state index is 11.9. The molecule has 0 saturated carbocycles. The topological polar surface area (TPSA) is 38.8 Å². The highest BCUT2D eigenvalue weighted by atomic mass is 16.7. The largest absolute Gasteiger partial charge is 0.434 e. The third-order valence-electron chi connectivity index (χ3n) is 3.31. The van der Waals surface area contributed by atoms with Crippen LogP contribution in [0.3, 0.4) is 0 Å². The molecular formula is C14H23NO3. The van der Waals surface area contributed by atoms with Crippen LogP contribution in [-0.4, -0.2) is 36.9 Å². The van der Waals surface area contributed by atoms with Crippen LogP contribution in [0.2, 0.25) is 0 Å². The molecule has 18 heavy (non-hydrogen) atoms. The molecule has 1 atom stereocenters. The van der Waals surface area contributed by atoms with Crippen molar-refractivity contribution in [3.8, 4) is 0 Å². The fourth-order valence-corrected chi connectivity index (χ4v) is 2.31. The number of fused-ring (bicyclic) bond motifs is 1. The van der Waals surface area contributed by atoms with Gasteiger partial charge in [0.1, 0.15) is 5.70 Å². The first kappa shape index (κ1) is 13.4. The van der Waals surface area contributed by atoms with Gasteiger partial charge in [0.2, 0.25) is 0 Å². The molecule has 0 spiro atoms. The quantitative estimate of drug-likeness (QED) is 0.438. The third kappa shape index (κ3) is 3.25. The number of rotatable bonds is 4. The molecule has 0 radical (unpaired) electrons. The van der Waals surface area contributed by atoms with Gasteiger partial charge in [0.15, 0.2) is 6.79 Å². The molecule has 4 nitrogen and oxygen atoms in total. The summed E-state index contributed by atoms with van der Waals surface area (Å²) in [6, 6.07) is 0.563. The van der Waals surface area contributed by atoms with Crippen molar-refractivity contribution in [3.63, 3.8) is 0 Å². The second-order valence-corrected chi connectivity index (χ2v) is 6.26. The number of hydrogen-bond acceptors (Lipinski definition) is 4. The van der Waals surface area contributed by atoms with E-state index in [0.29, 0.717) is 12.6 Å². The van der Waals surface area contributed by atoms with Crippen molar-refractivity contribution in [1.29, 1.82) is 0 Å². The van der Waals surface area contributed by atoms with E-state index >= 15 is 0 Å². The van der Waals surface area contributed by atoms with Crippen LogP contribution in [0.25, 0.3) is 0 Å². The van der Waals surface area contributed by atoms with Crippen molar-refractivity contribution in [2.24, 2.45) is 5.41 Å². The molecule has 0 aliphatic carbocycles. The zero-order valence-corrected chi connectivity index (χ0v) is 11.6. The van der Waals surface area contributed by atoms with Crippen LogP contribution in [0, 0.1) is 5.41 Å². The molecule has 102 valence electrons. The van der Waals surface area contributed by atoms with Gasteiger partial charge in [-0.05, 0) is 24.7 Å². The smallest absolute Gasteiger partial charge is 0.356 e. The highest BCUT2D eigenvalue weighted by molar-refractivity contribution is 5.88. The zero-order valence-electron chi connectivity index (χ0n) is 11.6. The Morgan fingerprint density at radius 1 is 1.44 bits per heavy atom. The van der Waals surface area contributed by atoms with E-state index in [1.54, 1.807) is 0 Å². The number of ether oxygens (including phenoxy) is 2. The molecule has 0 aromatic carbocycles. The highest BCUT2D eigenvalue weighted by Crippen LogP contribution is 2.31. The Morgan fingerprint density at radius 3 is 2.83 bits per heavy atom. The minimum absolute atomic E-state index is 0.0476. The zero-order chi connectivity index (χ0) is 13.2. The van der Waals surface area contributed by atoms with Gasteiger partial charge in [0.25, 0.3) is 0 Å². The van der Waals surface area contributed by atoms with Crippen molar-refractivity contribution >= 4 is 5.97 Å². The number of nitrogens with zero attached hydrogens (tertiary/aromatic N) is 1. The van der Waals surface area contributed by atoms with Crippen LogP contribution in [-0.2, 0) is 14.3 Å². The average Bonchev–Trinajstić information content (AvgIpc) is 2.24. The van der Waals surface area contributed by atoms with Crippen molar-refractivity contribution in [2.75, 3.05) is 19.9 Å². The number of carbonyl (C=O) groups is 1. The molecule has 2 aliphatic rings. The summed E-state index contributed by atoms with van der Waals surface area (Å²) in [5.41, 5.74) is 0.830. The molecule has 0 bridgehead atoms. The lowest BCUT2D eigenvalue weighted by molar-refractivity contribution is -0.157. The molecule has 0 N–H and O–H groups in total. The summed E-state index contributed by atoms with van der Waals surface area (Å²) in [6.45, 7) is 7.88. The Balaban J connectivity index is 1.73. The molecule has 0 aromatic heterocycles. The first-order valence-corrected chi connectivity index (χ1v) is 6.69. The molecule has 2 rings (SSSR count). The third-order valence-corrected chi connectivity index (χ3v) is 3.31. The molecule has 2 heterocycles. The molecular weight excluding hydrogens is 230 g/mol. The Hall–Kier alpha value is -1.03. The van der Waals surface area contributed by atoms with Gasteiger partial charge in [-0.1, -0.05) is 26.8 Å². The summed E-state index contributed by atoms with van der Waals surface area (Å²) in [6.07, 6.45) is 5.33. The first-order chi connectivity index (χ1) is 8.47. The Bertz CT molecular complexity index is 343. The van der Waals surface area contributed by atoms with Crippen LogP contribution in [0.15, 0.2) is 11.8 Å². The summed E-state index contributed by atoms with van der Waals surface area (Å²) in [5.74, 6) is -0.242. The predicted octanol–water partition coefficient (Wildman–Crippen LogP) is 2.30. The van der Waals surface area contributed by atoms with Crippen LogP contribution < -0.4 is 0 Å². The van der Waals surface area contributed by atoms with Gasteiger partial charge in [-0.15, -0.1) is 0 Å². The lowest BCUT2D eigenvalue weighted by atomic mass is 9.93. The van der Waals surface area contributed by atoms with Gasteiger partial charge >= 0.3 is 5.97 Å². The molecule has 0 aromatic rings. The average molecular weight is 253 g/mol. The Labute approximate surface area is 109 Å². The fourth-order valence-electron chi connectivity index (χ4n) is 2.31. The SMILES string of the molecule is CC(C)(C)COCOC(=O)C1=CCCC2CCN12. The van der Waals surface area contributed by atoms with E-state index in [2.05, 4.69) is 25.7 Å². The summed E-state index contributed by atoms with van der Waals surface area (Å²) < 4.78 is 10.5. The highest BCUT2D eigenvalue weighted by Gasteiger charge is 2.35. The maximum atomic E-state index is 11.9. The van der Waals surface area contributed by atoms with Crippen LogP contribution in [0.4, 0.5) is 0 Å². The van der Waals surface area contributed by atoms with Gasteiger partial charge < -0.3 is 14.4 Å². The molecule has 0 amide bonds. The standard InChI is InChI=1S/C14H23NO3/c1-14(2,3)9-17-10-18-13(16)12-6-4-5-11-7-8-15(11)12/h6,11H,4-5,7-10H2,1-3H3. The van der Waals surface area contributed by atoms with Gasteiger partial charge in [-0.3, -0.25) is 0 Å². The van der Waals surface area contributed by atoms with E-state index in [4.69, 9.17) is 9.47 Å². The van der Waals surface area contributed by atoms with E-state index in [1.807, 2.05) is 6.08 Å². The summed E-state index contributed by atoms with van der Waals surface area (Å²) in [5, 5.41) is 0. The van der Waals surface area contributed by atoms with Gasteiger partial charge in [-0.2, -0.15) is 0 Å². The molecule has 4 heteroatoms. The molecule has 1 saturated heterocycles. The van der Waals surface area contributed by atoms with Crippen LogP contribution in [0.5, 0.6) is 0 Å². The number of carbonyl (C=O) groups excluding carboxylic acids is 1. The number of allylic oxidation sites excluding steroid dienone is 1. The predicted molar refractivity (Wildman–Crippen MR) is 68.8 cm³/mol. The van der Waals surface area contributed by atoms with Crippen LogP contribution >= 0.6 is 0 Å². The summed E-state index contributed by atoms with van der Waals surface area (Å²) in [4.78, 5) is 14.0. The Kier molecular flexibility index (Phi) is 3.95. The number of hydrogen-bond donors (Lipinski definition) is 0. The van der Waals surface area contributed by atoms with E-state index in [1.165, 1.54) is 6.42 Å². The van der Waals surface area contributed by atoms with E-state index < -0.39 is 0 Å². The maximum Gasteiger partial charge on any atom is 0.356 e. The van der Waals surface area contributed by atoms with Gasteiger partial charge in [0, 0.05) is 12.6 Å². The summed E-state index contributed by atoms with van der Waals surface area (Å²) in [7, 11) is 0. The lowest BCUT2D eigenvalue weighted by Crippen LogP contribution is -2.50. The summed E-state index contributed by atoms with van der Waals surface area (Å²) >= 11 is 0. The number of esters is 1. The molecule has 2 aliphatic heterocycles. The van der Waals surface area contributed by atoms with E-state index in [9.17, 15) is 4.79 Å². The van der Waals surface area contributed by atoms with Gasteiger partial charge in [0.05, 0.1) is 6.61 Å². The van der Waals surface area contributed by atoms with E-state index in [0.717, 1.165) is 25.1 Å². The van der Waals surface area contributed by atoms with Crippen molar-refractivity contribution in [1.82, 2.24) is 4.90 Å². The second-order valence-electron chi connectivity index (χ2n) is 6.26. The minimum Gasteiger partial charge on any atom is -0.434 e.